The third-order valence-corrected chi connectivity index (χ3v) is 17.0. The zero-order valence-electron chi connectivity index (χ0n) is 30.6. The average molecular weight is 694 g/mol. The van der Waals surface area contributed by atoms with Crippen LogP contribution in [0.15, 0.2) is 35.9 Å². The van der Waals surface area contributed by atoms with Crippen molar-refractivity contribution in [2.24, 2.45) is 56.7 Å². The normalized spacial score (nSPS) is 43.6. The first kappa shape index (κ1) is 34.8. The number of hydrogen-bond acceptors (Lipinski definition) is 3. The Balaban J connectivity index is 1.14. The van der Waals surface area contributed by atoms with Gasteiger partial charge in [-0.15, -0.1) is 0 Å². The van der Waals surface area contributed by atoms with Crippen molar-refractivity contribution >= 4 is 40.5 Å². The van der Waals surface area contributed by atoms with Crippen molar-refractivity contribution in [1.29, 1.82) is 0 Å². The molecule has 5 fully saturated rings. The van der Waals surface area contributed by atoms with E-state index < -0.39 is 0 Å². The number of anilines is 1. The lowest BCUT2D eigenvalue weighted by atomic mass is 9.33. The molecule has 0 bridgehead atoms. The Morgan fingerprint density at radius 2 is 1.54 bits per heavy atom. The minimum Gasteiger partial charge on any atom is -0.393 e. The SMILES string of the molecule is C[C@H]1[C@H](C)CC[C@]2(C(=O)N3CCN(C(=S)Nc4ccc(Cl)cc4)CC3)CC[C@]3(C)C(=CC[C@@H]4[C@@]5(C)CC[C@H](O)C(C)(C)[C@@H]5CC[C@]43C)[C@H]12. The molecule has 0 spiro atoms. The number of nitrogens with zero attached hydrogens (tertiary/aromatic N) is 2. The molecule has 6 aliphatic rings. The van der Waals surface area contributed by atoms with Crippen LogP contribution in [0.3, 0.4) is 0 Å². The molecular weight excluding hydrogens is 634 g/mol. The van der Waals surface area contributed by atoms with Gasteiger partial charge in [0.05, 0.1) is 11.5 Å². The van der Waals surface area contributed by atoms with Crippen molar-refractivity contribution in [3.63, 3.8) is 0 Å². The van der Waals surface area contributed by atoms with Crippen molar-refractivity contribution < 1.29 is 9.90 Å². The third kappa shape index (κ3) is 4.99. The Labute approximate surface area is 300 Å². The number of nitrogens with one attached hydrogen (secondary N) is 1. The van der Waals surface area contributed by atoms with Crippen molar-refractivity contribution in [2.75, 3.05) is 31.5 Å². The van der Waals surface area contributed by atoms with Gasteiger partial charge in [0.25, 0.3) is 0 Å². The summed E-state index contributed by atoms with van der Waals surface area (Å²) in [7, 11) is 0. The standard InChI is InChI=1S/C41H60ClN3O2S/c1-26-14-19-41(35(47)44-22-24-45(25-23-44)36(48)43-29-10-8-28(42)9-11-29)21-20-39(6)30(34(41)27(26)2)12-13-32-38(5)17-16-33(46)37(3,4)31(38)15-18-40(32,39)7/h8-12,26-27,31-34,46H,13-25H2,1-7H3,(H,43,48)/t26-,27+,31+,32-,33+,34+,38+,39-,40-,41+/m1/s1. The van der Waals surface area contributed by atoms with Crippen LogP contribution in [0.25, 0.3) is 0 Å². The fraction of sp³-hybridized carbons (Fsp3) is 0.756. The molecule has 5 nitrogen and oxygen atoms in total. The fourth-order valence-corrected chi connectivity index (χ4v) is 13.4. The number of carbonyl (C=O) groups is 1. The summed E-state index contributed by atoms with van der Waals surface area (Å²) in [4.78, 5) is 19.5. The summed E-state index contributed by atoms with van der Waals surface area (Å²) in [6.07, 6.45) is 12.4. The van der Waals surface area contributed by atoms with Crippen LogP contribution in [-0.2, 0) is 4.79 Å². The summed E-state index contributed by atoms with van der Waals surface area (Å²) in [6, 6.07) is 7.64. The van der Waals surface area contributed by atoms with E-state index >= 15 is 4.79 Å². The smallest absolute Gasteiger partial charge is 0.229 e. The number of aliphatic hydroxyl groups is 1. The van der Waals surface area contributed by atoms with E-state index in [4.69, 9.17) is 23.8 Å². The highest BCUT2D eigenvalue weighted by Gasteiger charge is 2.69. The monoisotopic (exact) mass is 693 g/mol. The Morgan fingerprint density at radius 3 is 2.23 bits per heavy atom. The van der Waals surface area contributed by atoms with Crippen molar-refractivity contribution in [2.45, 2.75) is 112 Å². The lowest BCUT2D eigenvalue weighted by Gasteiger charge is -2.71. The predicted molar refractivity (Wildman–Crippen MR) is 201 cm³/mol. The van der Waals surface area contributed by atoms with Crippen molar-refractivity contribution in [3.05, 3.63) is 40.9 Å². The lowest BCUT2D eigenvalue weighted by Crippen LogP contribution is -2.66. The fourth-order valence-electron chi connectivity index (χ4n) is 13.0. The van der Waals surface area contributed by atoms with Gasteiger partial charge in [0.15, 0.2) is 5.11 Å². The number of halogens is 1. The van der Waals surface area contributed by atoms with E-state index in [9.17, 15) is 5.11 Å². The van der Waals surface area contributed by atoms with Gasteiger partial charge in [0, 0.05) is 36.9 Å². The maximum absolute atomic E-state index is 15.0. The third-order valence-electron chi connectivity index (χ3n) is 16.3. The Kier molecular flexibility index (Phi) is 8.68. The van der Waals surface area contributed by atoms with E-state index in [1.807, 2.05) is 24.3 Å². The molecule has 48 heavy (non-hydrogen) atoms. The summed E-state index contributed by atoms with van der Waals surface area (Å²) in [5.74, 6) is 2.99. The first-order valence-corrected chi connectivity index (χ1v) is 19.9. The second-order valence-corrected chi connectivity index (χ2v) is 19.2. The van der Waals surface area contributed by atoms with Crippen molar-refractivity contribution in [1.82, 2.24) is 9.80 Å². The molecule has 0 aromatic heterocycles. The highest BCUT2D eigenvalue weighted by atomic mass is 35.5. The number of amides is 1. The number of piperazine rings is 1. The van der Waals surface area contributed by atoms with E-state index in [1.165, 1.54) is 12.8 Å². The van der Waals surface area contributed by atoms with Gasteiger partial charge in [-0.2, -0.15) is 0 Å². The number of hydrogen-bond donors (Lipinski definition) is 2. The summed E-state index contributed by atoms with van der Waals surface area (Å²) < 4.78 is 0. The number of benzene rings is 1. The van der Waals surface area contributed by atoms with E-state index in [1.54, 1.807) is 5.57 Å². The van der Waals surface area contributed by atoms with Gasteiger partial charge in [0.2, 0.25) is 5.91 Å². The van der Waals surface area contributed by atoms with Crippen LogP contribution in [0.2, 0.25) is 5.02 Å². The molecule has 1 aromatic rings. The van der Waals surface area contributed by atoms with Crippen LogP contribution in [-0.4, -0.2) is 58.2 Å². The summed E-state index contributed by atoms with van der Waals surface area (Å²) in [5, 5.41) is 15.9. The summed E-state index contributed by atoms with van der Waals surface area (Å²) in [6.45, 7) is 20.4. The van der Waals surface area contributed by atoms with Crippen LogP contribution in [0.1, 0.15) is 106 Å². The zero-order valence-corrected chi connectivity index (χ0v) is 32.2. The number of fused-ring (bicyclic) bond motifs is 7. The lowest BCUT2D eigenvalue weighted by molar-refractivity contribution is -0.205. The summed E-state index contributed by atoms with van der Waals surface area (Å²) >= 11 is 11.9. The molecular formula is C41H60ClN3O2S. The molecule has 4 saturated carbocycles. The average Bonchev–Trinajstić information content (AvgIpc) is 3.06. The molecule has 10 atom stereocenters. The highest BCUT2D eigenvalue weighted by molar-refractivity contribution is 7.80. The Morgan fingerprint density at radius 1 is 0.875 bits per heavy atom. The number of allylic oxidation sites excluding steroid dienone is 2. The molecule has 0 radical (unpaired) electrons. The maximum atomic E-state index is 15.0. The number of rotatable bonds is 2. The number of aliphatic hydroxyl groups excluding tert-OH is 1. The van der Waals surface area contributed by atoms with Gasteiger partial charge in [-0.05, 0) is 146 Å². The number of thiocarbonyl (C=S) groups is 1. The van der Waals surface area contributed by atoms with Crippen LogP contribution in [0, 0.1) is 56.7 Å². The minimum absolute atomic E-state index is 0.0413. The van der Waals surface area contributed by atoms with E-state index in [-0.39, 0.29) is 33.2 Å². The van der Waals surface area contributed by atoms with Gasteiger partial charge < -0.3 is 20.2 Å². The first-order chi connectivity index (χ1) is 22.6. The molecule has 1 amide bonds. The summed E-state index contributed by atoms with van der Waals surface area (Å²) in [5.41, 5.74) is 2.77. The Hall–Kier alpha value is -1.63. The number of carbonyl (C=O) groups excluding carboxylic acids is 1. The molecule has 5 aliphatic carbocycles. The Bertz CT molecular complexity index is 1470. The second-order valence-electron chi connectivity index (χ2n) is 18.4. The molecule has 1 heterocycles. The molecule has 7 rings (SSSR count). The second kappa shape index (κ2) is 12.0. The van der Waals surface area contributed by atoms with Crippen LogP contribution in [0.5, 0.6) is 0 Å². The van der Waals surface area contributed by atoms with E-state index in [0.717, 1.165) is 76.8 Å². The first-order valence-electron chi connectivity index (χ1n) is 19.1. The molecule has 0 unspecified atom stereocenters. The zero-order chi connectivity index (χ0) is 34.4. The maximum Gasteiger partial charge on any atom is 0.229 e. The largest absolute Gasteiger partial charge is 0.393 e. The van der Waals surface area contributed by atoms with Gasteiger partial charge in [-0.25, -0.2) is 0 Å². The van der Waals surface area contributed by atoms with Crippen LogP contribution >= 0.6 is 23.8 Å². The van der Waals surface area contributed by atoms with Gasteiger partial charge in [0.1, 0.15) is 0 Å². The molecule has 2 N–H and O–H groups in total. The van der Waals surface area contributed by atoms with Gasteiger partial charge in [-0.1, -0.05) is 71.7 Å². The molecule has 1 aromatic carbocycles. The molecule has 264 valence electrons. The molecule has 1 saturated heterocycles. The minimum atomic E-state index is -0.303. The van der Waals surface area contributed by atoms with E-state index in [0.29, 0.717) is 45.6 Å². The quantitative estimate of drug-likeness (QED) is 0.239. The molecule has 1 aliphatic heterocycles. The highest BCUT2D eigenvalue weighted by Crippen LogP contribution is 2.75. The van der Waals surface area contributed by atoms with Crippen molar-refractivity contribution in [3.8, 4) is 0 Å². The van der Waals surface area contributed by atoms with Crippen LogP contribution < -0.4 is 5.32 Å². The molecule has 7 heteroatoms. The predicted octanol–water partition coefficient (Wildman–Crippen LogP) is 9.20. The van der Waals surface area contributed by atoms with Gasteiger partial charge >= 0.3 is 0 Å². The van der Waals surface area contributed by atoms with Crippen LogP contribution in [0.4, 0.5) is 5.69 Å². The van der Waals surface area contributed by atoms with E-state index in [2.05, 4.69) is 69.7 Å². The van der Waals surface area contributed by atoms with Gasteiger partial charge in [-0.3, -0.25) is 4.79 Å². The topological polar surface area (TPSA) is 55.8 Å².